The molecule has 1 atom stereocenters. The fourth-order valence-corrected chi connectivity index (χ4v) is 5.32. The second-order valence-corrected chi connectivity index (χ2v) is 9.58. The zero-order chi connectivity index (χ0) is 22.4. The Morgan fingerprint density at radius 3 is 2.90 bits per heavy atom. The largest absolute Gasteiger partial charge is 0.465 e. The highest BCUT2D eigenvalue weighted by atomic mass is 32.2. The molecule has 1 aliphatic heterocycles. The number of piperidine rings is 1. The van der Waals surface area contributed by atoms with Crippen LogP contribution in [0.25, 0.3) is 11.3 Å². The predicted molar refractivity (Wildman–Crippen MR) is 115 cm³/mol. The van der Waals surface area contributed by atoms with Crippen molar-refractivity contribution in [3.63, 3.8) is 0 Å². The van der Waals surface area contributed by atoms with Crippen molar-refractivity contribution in [2.75, 3.05) is 26.7 Å². The van der Waals surface area contributed by atoms with Gasteiger partial charge in [0.05, 0.1) is 12.3 Å². The van der Waals surface area contributed by atoms with Gasteiger partial charge in [0.25, 0.3) is 10.2 Å². The Balaban J connectivity index is 1.58. The molecule has 0 spiro atoms. The average Bonchev–Trinajstić information content (AvgIpc) is 3.23. The standard InChI is InChI=1S/C21H29FN4O4S/c1-3-30-21(27)20-11-4-5-13-26(20)31(28,29)25(2)12-7-10-18-15-19(24-23-18)16-8-6-9-17(22)14-16/h6,8-9,14-15,20H,3-5,7,10-13H2,1-2H3,(H,23,24). The maximum Gasteiger partial charge on any atom is 0.324 e. The smallest absolute Gasteiger partial charge is 0.324 e. The number of nitrogens with one attached hydrogen (secondary N) is 1. The molecule has 0 saturated carbocycles. The molecule has 31 heavy (non-hydrogen) atoms. The SMILES string of the molecule is CCOC(=O)C1CCCCN1S(=O)(=O)N(C)CCCc1cc(-c2cccc(F)c2)n[nH]1. The number of rotatable bonds is 9. The van der Waals surface area contributed by atoms with Crippen molar-refractivity contribution < 1.29 is 22.3 Å². The molecule has 1 unspecified atom stereocenters. The lowest BCUT2D eigenvalue weighted by molar-refractivity contribution is -0.148. The van der Waals surface area contributed by atoms with Gasteiger partial charge in [-0.25, -0.2) is 4.39 Å². The van der Waals surface area contributed by atoms with Crippen molar-refractivity contribution in [1.82, 2.24) is 18.8 Å². The monoisotopic (exact) mass is 452 g/mol. The zero-order valence-electron chi connectivity index (χ0n) is 17.9. The first-order valence-electron chi connectivity index (χ1n) is 10.5. The van der Waals surface area contributed by atoms with Crippen LogP contribution < -0.4 is 0 Å². The zero-order valence-corrected chi connectivity index (χ0v) is 18.7. The topological polar surface area (TPSA) is 95.6 Å². The van der Waals surface area contributed by atoms with E-state index in [2.05, 4.69) is 10.2 Å². The Hall–Kier alpha value is -2.30. The molecule has 2 heterocycles. The van der Waals surface area contributed by atoms with E-state index in [0.29, 0.717) is 43.6 Å². The number of hydrogen-bond acceptors (Lipinski definition) is 5. The van der Waals surface area contributed by atoms with Gasteiger partial charge in [-0.05, 0) is 57.2 Å². The van der Waals surface area contributed by atoms with Crippen LogP contribution in [0.2, 0.25) is 0 Å². The van der Waals surface area contributed by atoms with Crippen LogP contribution in [0, 0.1) is 5.82 Å². The molecular formula is C21H29FN4O4S. The number of benzene rings is 1. The number of aryl methyl sites for hydroxylation is 1. The highest BCUT2D eigenvalue weighted by Crippen LogP contribution is 2.24. The van der Waals surface area contributed by atoms with Gasteiger partial charge in [-0.2, -0.15) is 22.1 Å². The number of H-pyrrole nitrogens is 1. The number of esters is 1. The van der Waals surface area contributed by atoms with Crippen molar-refractivity contribution >= 4 is 16.2 Å². The minimum absolute atomic E-state index is 0.223. The quantitative estimate of drug-likeness (QED) is 0.590. The highest BCUT2D eigenvalue weighted by Gasteiger charge is 2.39. The van der Waals surface area contributed by atoms with Crippen molar-refractivity contribution in [2.45, 2.75) is 45.1 Å². The number of nitrogens with zero attached hydrogens (tertiary/aromatic N) is 3. The van der Waals surface area contributed by atoms with Gasteiger partial charge in [-0.15, -0.1) is 0 Å². The number of hydrogen-bond donors (Lipinski definition) is 1. The molecule has 170 valence electrons. The number of halogens is 1. The third-order valence-electron chi connectivity index (χ3n) is 5.37. The Morgan fingerprint density at radius 2 is 2.16 bits per heavy atom. The van der Waals surface area contributed by atoms with Crippen molar-refractivity contribution in [1.29, 1.82) is 0 Å². The summed E-state index contributed by atoms with van der Waals surface area (Å²) >= 11 is 0. The van der Waals surface area contributed by atoms with E-state index >= 15 is 0 Å². The van der Waals surface area contributed by atoms with E-state index in [1.54, 1.807) is 19.1 Å². The molecule has 10 heteroatoms. The van der Waals surface area contributed by atoms with Crippen LogP contribution in [-0.2, 0) is 26.2 Å². The van der Waals surface area contributed by atoms with E-state index in [4.69, 9.17) is 4.74 Å². The highest BCUT2D eigenvalue weighted by molar-refractivity contribution is 7.86. The molecular weight excluding hydrogens is 423 g/mol. The van der Waals surface area contributed by atoms with E-state index in [9.17, 15) is 17.6 Å². The van der Waals surface area contributed by atoms with Gasteiger partial charge in [0.15, 0.2) is 0 Å². The Kier molecular flexibility index (Phi) is 7.79. The lowest BCUT2D eigenvalue weighted by Gasteiger charge is -2.35. The number of aromatic amines is 1. The molecule has 1 fully saturated rings. The van der Waals surface area contributed by atoms with Crippen LogP contribution >= 0.6 is 0 Å². The van der Waals surface area contributed by atoms with Crippen LogP contribution in [0.15, 0.2) is 30.3 Å². The van der Waals surface area contributed by atoms with Gasteiger partial charge in [0, 0.05) is 31.4 Å². The Labute approximate surface area is 182 Å². The number of carbonyl (C=O) groups excluding carboxylic acids is 1. The first kappa shape index (κ1) is 23.4. The van der Waals surface area contributed by atoms with Gasteiger partial charge < -0.3 is 4.74 Å². The molecule has 1 aromatic carbocycles. The van der Waals surface area contributed by atoms with Crippen LogP contribution in [0.4, 0.5) is 4.39 Å². The minimum Gasteiger partial charge on any atom is -0.465 e. The van der Waals surface area contributed by atoms with E-state index in [1.165, 1.54) is 27.8 Å². The Bertz CT molecular complexity index is 995. The molecule has 0 amide bonds. The molecule has 3 rings (SSSR count). The molecule has 1 saturated heterocycles. The van der Waals surface area contributed by atoms with E-state index in [1.807, 2.05) is 6.07 Å². The summed E-state index contributed by atoms with van der Waals surface area (Å²) in [6, 6.07) is 7.28. The van der Waals surface area contributed by atoms with Crippen LogP contribution in [-0.4, -0.2) is 66.0 Å². The Morgan fingerprint density at radius 1 is 1.35 bits per heavy atom. The third kappa shape index (κ3) is 5.69. The minimum atomic E-state index is -3.77. The fraction of sp³-hybridized carbons (Fsp3) is 0.524. The van der Waals surface area contributed by atoms with Gasteiger partial charge in [0.1, 0.15) is 11.9 Å². The second kappa shape index (κ2) is 10.3. The van der Waals surface area contributed by atoms with Crippen molar-refractivity contribution in [3.05, 3.63) is 41.8 Å². The molecule has 8 nitrogen and oxygen atoms in total. The first-order chi connectivity index (χ1) is 14.8. The molecule has 1 aliphatic rings. The number of aromatic nitrogens is 2. The average molecular weight is 453 g/mol. The van der Waals surface area contributed by atoms with Gasteiger partial charge >= 0.3 is 5.97 Å². The van der Waals surface area contributed by atoms with Crippen LogP contribution in [0.1, 0.15) is 38.3 Å². The van der Waals surface area contributed by atoms with E-state index < -0.39 is 22.2 Å². The summed E-state index contributed by atoms with van der Waals surface area (Å²) in [5.41, 5.74) is 2.16. The fourth-order valence-electron chi connectivity index (χ4n) is 3.73. The lowest BCUT2D eigenvalue weighted by atomic mass is 10.1. The van der Waals surface area contributed by atoms with Gasteiger partial charge in [-0.1, -0.05) is 12.1 Å². The van der Waals surface area contributed by atoms with Gasteiger partial charge in [0.2, 0.25) is 0 Å². The first-order valence-corrected chi connectivity index (χ1v) is 11.9. The van der Waals surface area contributed by atoms with Gasteiger partial charge in [-0.3, -0.25) is 9.89 Å². The summed E-state index contributed by atoms with van der Waals surface area (Å²) in [4.78, 5) is 12.2. The normalized spacial score (nSPS) is 17.7. The summed E-state index contributed by atoms with van der Waals surface area (Å²) in [6.45, 7) is 2.54. The van der Waals surface area contributed by atoms with Crippen molar-refractivity contribution in [3.8, 4) is 11.3 Å². The molecule has 0 bridgehead atoms. The lowest BCUT2D eigenvalue weighted by Crippen LogP contribution is -2.53. The van der Waals surface area contributed by atoms with Crippen molar-refractivity contribution in [2.24, 2.45) is 0 Å². The predicted octanol–water partition coefficient (Wildman–Crippen LogP) is 2.74. The summed E-state index contributed by atoms with van der Waals surface area (Å²) in [7, 11) is -2.25. The maximum absolute atomic E-state index is 13.4. The summed E-state index contributed by atoms with van der Waals surface area (Å²) in [6.07, 6.45) is 3.15. The summed E-state index contributed by atoms with van der Waals surface area (Å²) in [5, 5.41) is 7.13. The molecule has 1 N–H and O–H groups in total. The maximum atomic E-state index is 13.4. The molecule has 2 aromatic rings. The van der Waals surface area contributed by atoms with E-state index in [0.717, 1.165) is 18.5 Å². The molecule has 0 radical (unpaired) electrons. The van der Waals surface area contributed by atoms with Crippen LogP contribution in [0.5, 0.6) is 0 Å². The van der Waals surface area contributed by atoms with Crippen LogP contribution in [0.3, 0.4) is 0 Å². The summed E-state index contributed by atoms with van der Waals surface area (Å²) in [5.74, 6) is -0.811. The summed E-state index contributed by atoms with van der Waals surface area (Å²) < 4.78 is 47.1. The second-order valence-electron chi connectivity index (χ2n) is 7.60. The molecule has 0 aliphatic carbocycles. The van der Waals surface area contributed by atoms with E-state index in [-0.39, 0.29) is 12.4 Å². The number of ether oxygens (including phenoxy) is 1. The number of carbonyl (C=O) groups is 1. The third-order valence-corrected chi connectivity index (χ3v) is 7.37. The molecule has 1 aromatic heterocycles.